The molecule has 11 nitrogen and oxygen atoms in total. The van der Waals surface area contributed by atoms with Gasteiger partial charge in [-0.05, 0) is 69.7 Å². The summed E-state index contributed by atoms with van der Waals surface area (Å²) in [5, 5.41) is 15.0. The minimum Gasteiger partial charge on any atom is -0.497 e. The molecule has 2 amide bonds. The number of hydrogen-bond acceptors (Lipinski definition) is 7. The third kappa shape index (κ3) is 7.99. The molecular weight excluding hydrogens is 631 g/mol. The fraction of sp³-hybridized carbons (Fsp3) is 0.333. The number of sulfonamides is 1. The summed E-state index contributed by atoms with van der Waals surface area (Å²) in [6.07, 6.45) is 0.648. The Bertz CT molecular complexity index is 1610. The molecule has 0 aliphatic heterocycles. The Hall–Kier alpha value is -3.87. The first-order chi connectivity index (χ1) is 20.7. The molecular formula is C30H34Cl2N4O7S. The second kappa shape index (κ2) is 14.7. The number of nitrogens with zero attached hydrogens (tertiary/aromatic N) is 3. The number of anilines is 1. The quantitative estimate of drug-likeness (QED) is 0.181. The van der Waals surface area contributed by atoms with Gasteiger partial charge in [0.15, 0.2) is 0 Å². The molecule has 0 saturated carbocycles. The molecule has 44 heavy (non-hydrogen) atoms. The van der Waals surface area contributed by atoms with Crippen molar-refractivity contribution in [1.82, 2.24) is 10.2 Å². The number of methoxy groups -OCH3 is 1. The standard InChI is InChI=1S/C30H34Cl2N4O7S/c1-6-20(3)33-30(38)21(4)34(17-25-26(31)8-7-9-27(25)32)29(37)18-35(22-11-13-23(43-5)14-12-22)44(41,42)24-15-10-19(2)28(16-24)36(39)40/h7-16,20-21H,6,17-18H2,1-5H3,(H,33,38)/t20-,21+/m1/s1. The summed E-state index contributed by atoms with van der Waals surface area (Å²) >= 11 is 12.8. The fourth-order valence-electron chi connectivity index (χ4n) is 4.25. The molecule has 0 unspecified atom stereocenters. The first-order valence-corrected chi connectivity index (χ1v) is 15.8. The van der Waals surface area contributed by atoms with Crippen LogP contribution >= 0.6 is 23.2 Å². The van der Waals surface area contributed by atoms with Crippen LogP contribution in [0.4, 0.5) is 11.4 Å². The zero-order valence-electron chi connectivity index (χ0n) is 24.9. The highest BCUT2D eigenvalue weighted by atomic mass is 35.5. The summed E-state index contributed by atoms with van der Waals surface area (Å²) in [5.41, 5.74) is 0.345. The minimum absolute atomic E-state index is 0.0924. The number of nitro groups is 1. The Morgan fingerprint density at radius 1 is 1.05 bits per heavy atom. The average molecular weight is 666 g/mol. The molecule has 0 aliphatic carbocycles. The maximum Gasteiger partial charge on any atom is 0.273 e. The number of nitro benzene ring substituents is 1. The Labute approximate surface area is 266 Å². The number of hydrogen-bond donors (Lipinski definition) is 1. The first kappa shape index (κ1) is 34.6. The van der Waals surface area contributed by atoms with Gasteiger partial charge < -0.3 is 15.0 Å². The fourth-order valence-corrected chi connectivity index (χ4v) is 6.20. The molecule has 0 spiro atoms. The average Bonchev–Trinajstić information content (AvgIpc) is 2.99. The lowest BCUT2D eigenvalue weighted by Gasteiger charge is -2.32. The summed E-state index contributed by atoms with van der Waals surface area (Å²) < 4.78 is 34.2. The van der Waals surface area contributed by atoms with Crippen molar-refractivity contribution < 1.29 is 27.7 Å². The second-order valence-electron chi connectivity index (χ2n) is 10.1. The molecule has 0 aliphatic rings. The molecule has 0 saturated heterocycles. The Balaban J connectivity index is 2.13. The number of nitrogens with one attached hydrogen (secondary N) is 1. The van der Waals surface area contributed by atoms with Crippen molar-refractivity contribution in [2.45, 2.75) is 57.6 Å². The van der Waals surface area contributed by atoms with Crippen LogP contribution in [-0.4, -0.2) is 55.8 Å². The topological polar surface area (TPSA) is 139 Å². The van der Waals surface area contributed by atoms with Crippen LogP contribution in [0.5, 0.6) is 5.75 Å². The van der Waals surface area contributed by atoms with Crippen LogP contribution in [0.25, 0.3) is 0 Å². The molecule has 0 heterocycles. The van der Waals surface area contributed by atoms with E-state index in [1.807, 2.05) is 13.8 Å². The van der Waals surface area contributed by atoms with Crippen molar-refractivity contribution in [2.24, 2.45) is 0 Å². The van der Waals surface area contributed by atoms with E-state index in [0.29, 0.717) is 17.7 Å². The van der Waals surface area contributed by atoms with Crippen LogP contribution < -0.4 is 14.4 Å². The Morgan fingerprint density at radius 3 is 2.20 bits per heavy atom. The lowest BCUT2D eigenvalue weighted by atomic mass is 10.1. The van der Waals surface area contributed by atoms with Gasteiger partial charge in [-0.2, -0.15) is 0 Å². The molecule has 0 bridgehead atoms. The summed E-state index contributed by atoms with van der Waals surface area (Å²) in [4.78, 5) is 39.1. The van der Waals surface area contributed by atoms with Crippen LogP contribution in [0.3, 0.4) is 0 Å². The van der Waals surface area contributed by atoms with Crippen LogP contribution in [-0.2, 0) is 26.2 Å². The molecule has 0 fully saturated rings. The van der Waals surface area contributed by atoms with E-state index < -0.39 is 45.0 Å². The number of amides is 2. The monoisotopic (exact) mass is 664 g/mol. The van der Waals surface area contributed by atoms with Gasteiger partial charge >= 0.3 is 0 Å². The first-order valence-electron chi connectivity index (χ1n) is 13.7. The third-order valence-electron chi connectivity index (χ3n) is 7.16. The van der Waals surface area contributed by atoms with E-state index in [2.05, 4.69) is 5.32 Å². The number of aryl methyl sites for hydroxylation is 1. The molecule has 0 radical (unpaired) electrons. The van der Waals surface area contributed by atoms with Gasteiger partial charge in [-0.1, -0.05) is 42.3 Å². The molecule has 14 heteroatoms. The van der Waals surface area contributed by atoms with Crippen molar-refractivity contribution in [3.63, 3.8) is 0 Å². The predicted molar refractivity (Wildman–Crippen MR) is 170 cm³/mol. The Morgan fingerprint density at radius 2 is 1.66 bits per heavy atom. The van der Waals surface area contributed by atoms with Crippen LogP contribution in [0.1, 0.15) is 38.3 Å². The van der Waals surface area contributed by atoms with Gasteiger partial charge in [0.1, 0.15) is 18.3 Å². The molecule has 236 valence electrons. The maximum atomic E-state index is 14.1. The number of halogens is 2. The lowest BCUT2D eigenvalue weighted by molar-refractivity contribution is -0.385. The van der Waals surface area contributed by atoms with E-state index in [9.17, 15) is 28.1 Å². The van der Waals surface area contributed by atoms with E-state index >= 15 is 0 Å². The number of benzene rings is 3. The number of carbonyl (C=O) groups excluding carboxylic acids is 2. The highest BCUT2D eigenvalue weighted by Crippen LogP contribution is 2.31. The minimum atomic E-state index is -4.55. The molecule has 0 aromatic heterocycles. The SMILES string of the molecule is CC[C@@H](C)NC(=O)[C@H](C)N(Cc1c(Cl)cccc1Cl)C(=O)CN(c1ccc(OC)cc1)S(=O)(=O)c1ccc(C)c([N+](=O)[O-])c1. The van der Waals surface area contributed by atoms with Crippen molar-refractivity contribution in [3.05, 3.63) is 92.0 Å². The van der Waals surface area contributed by atoms with Gasteiger partial charge in [0.2, 0.25) is 11.8 Å². The highest BCUT2D eigenvalue weighted by molar-refractivity contribution is 7.92. The van der Waals surface area contributed by atoms with Crippen molar-refractivity contribution in [2.75, 3.05) is 18.0 Å². The largest absolute Gasteiger partial charge is 0.497 e. The van der Waals surface area contributed by atoms with E-state index in [4.69, 9.17) is 27.9 Å². The smallest absolute Gasteiger partial charge is 0.273 e. The molecule has 1 N–H and O–H groups in total. The Kier molecular flexibility index (Phi) is 11.6. The zero-order valence-corrected chi connectivity index (χ0v) is 27.2. The second-order valence-corrected chi connectivity index (χ2v) is 12.8. The van der Waals surface area contributed by atoms with Crippen LogP contribution in [0.15, 0.2) is 65.6 Å². The van der Waals surface area contributed by atoms with E-state index in [0.717, 1.165) is 10.4 Å². The summed E-state index contributed by atoms with van der Waals surface area (Å²) in [7, 11) is -3.10. The van der Waals surface area contributed by atoms with Crippen molar-refractivity contribution in [3.8, 4) is 5.75 Å². The molecule has 3 aromatic carbocycles. The maximum absolute atomic E-state index is 14.1. The van der Waals surface area contributed by atoms with Gasteiger partial charge in [0.05, 0.1) is 22.6 Å². The zero-order chi connectivity index (χ0) is 32.8. The number of rotatable bonds is 13. The van der Waals surface area contributed by atoms with Crippen LogP contribution in [0.2, 0.25) is 10.0 Å². The lowest BCUT2D eigenvalue weighted by Crippen LogP contribution is -2.52. The van der Waals surface area contributed by atoms with E-state index in [1.54, 1.807) is 18.2 Å². The van der Waals surface area contributed by atoms with E-state index in [1.165, 1.54) is 62.3 Å². The third-order valence-corrected chi connectivity index (χ3v) is 9.64. The van der Waals surface area contributed by atoms with Gasteiger partial charge in [-0.25, -0.2) is 8.42 Å². The van der Waals surface area contributed by atoms with E-state index in [-0.39, 0.29) is 38.8 Å². The number of ether oxygens (including phenoxy) is 1. The van der Waals surface area contributed by atoms with Gasteiger partial charge in [0, 0.05) is 39.8 Å². The number of carbonyl (C=O) groups is 2. The molecule has 3 rings (SSSR count). The van der Waals surface area contributed by atoms with Gasteiger partial charge in [-0.15, -0.1) is 0 Å². The summed E-state index contributed by atoms with van der Waals surface area (Å²) in [6.45, 7) is 5.78. The van der Waals surface area contributed by atoms with Gasteiger partial charge in [0.25, 0.3) is 15.7 Å². The normalized spacial score (nSPS) is 12.6. The molecule has 2 atom stereocenters. The molecule has 3 aromatic rings. The summed E-state index contributed by atoms with van der Waals surface area (Å²) in [5.74, 6) is -0.758. The highest BCUT2D eigenvalue weighted by Gasteiger charge is 2.34. The van der Waals surface area contributed by atoms with Crippen molar-refractivity contribution in [1.29, 1.82) is 0 Å². The van der Waals surface area contributed by atoms with Crippen LogP contribution in [0, 0.1) is 17.0 Å². The van der Waals surface area contributed by atoms with Crippen molar-refractivity contribution >= 4 is 56.4 Å². The predicted octanol–water partition coefficient (Wildman–Crippen LogP) is 5.75. The summed E-state index contributed by atoms with van der Waals surface area (Å²) in [6, 6.07) is 13.0. The van der Waals surface area contributed by atoms with Gasteiger partial charge in [-0.3, -0.25) is 24.0 Å².